The first kappa shape index (κ1) is 54.4. The Hall–Kier alpha value is -3.52. The van der Waals surface area contributed by atoms with E-state index in [-0.39, 0.29) is 0 Å². The molecule has 0 bridgehead atoms. The molecule has 0 aromatic heterocycles. The first-order valence-electron chi connectivity index (χ1n) is 28.9. The summed E-state index contributed by atoms with van der Waals surface area (Å²) in [6, 6.07) is 37.6. The molecule has 0 heterocycles. The van der Waals surface area contributed by atoms with E-state index in [0.29, 0.717) is 17.8 Å². The van der Waals surface area contributed by atoms with Gasteiger partial charge in [0.05, 0.1) is 0 Å². The first-order chi connectivity index (χ1) is 33.0. The highest BCUT2D eigenvalue weighted by Crippen LogP contribution is 2.41. The van der Waals surface area contributed by atoms with Gasteiger partial charge in [0.2, 0.25) is 0 Å². The summed E-state index contributed by atoms with van der Waals surface area (Å²) in [4.78, 5) is 0. The van der Waals surface area contributed by atoms with E-state index in [1.165, 1.54) is 245 Å². The van der Waals surface area contributed by atoms with Gasteiger partial charge in [-0.1, -0.05) is 280 Å². The van der Waals surface area contributed by atoms with Crippen molar-refractivity contribution in [3.05, 3.63) is 130 Å². The summed E-state index contributed by atoms with van der Waals surface area (Å²) in [7, 11) is 0. The molecule has 5 rings (SSSR count). The van der Waals surface area contributed by atoms with Gasteiger partial charge in [-0.15, -0.1) is 0 Å². The van der Waals surface area contributed by atoms with Crippen molar-refractivity contribution in [2.24, 2.45) is 11.8 Å². The second-order valence-corrected chi connectivity index (χ2v) is 21.5. The molecule has 0 amide bonds. The van der Waals surface area contributed by atoms with Crippen LogP contribution in [0, 0.1) is 11.8 Å². The Balaban J connectivity index is 1.34. The minimum Gasteiger partial charge on any atom is -0.399 e. The zero-order valence-electron chi connectivity index (χ0n) is 43.6. The Labute approximate surface area is 413 Å². The van der Waals surface area contributed by atoms with Crippen LogP contribution in [0.4, 0.5) is 11.4 Å². The van der Waals surface area contributed by atoms with Gasteiger partial charge in [-0.25, -0.2) is 0 Å². The number of rotatable bonds is 36. The van der Waals surface area contributed by atoms with Crippen LogP contribution < -0.4 is 11.5 Å². The lowest BCUT2D eigenvalue weighted by molar-refractivity contribution is 0.215. The van der Waals surface area contributed by atoms with Crippen molar-refractivity contribution in [1.29, 1.82) is 0 Å². The SMILES string of the molecule is CCCCCCCCCCCCC(c1ccc(N)cc1)c1ccc(C(CCC(CCCCC)C2CCCCC2)c2ccc(C(CCCCCCCCCCCC)c3ccc(N)cc3)cc2)cc1. The number of hydrogen-bond acceptors (Lipinski definition) is 2. The Morgan fingerprint density at radius 3 is 0.925 bits per heavy atom. The van der Waals surface area contributed by atoms with Crippen LogP contribution in [0.2, 0.25) is 0 Å². The van der Waals surface area contributed by atoms with Gasteiger partial charge in [0, 0.05) is 29.1 Å². The van der Waals surface area contributed by atoms with Crippen molar-refractivity contribution in [2.75, 3.05) is 11.5 Å². The maximum Gasteiger partial charge on any atom is 0.0314 e. The van der Waals surface area contributed by atoms with E-state index < -0.39 is 0 Å². The minimum absolute atomic E-state index is 0.397. The lowest BCUT2D eigenvalue weighted by Gasteiger charge is -2.32. The van der Waals surface area contributed by atoms with Crippen molar-refractivity contribution >= 4 is 11.4 Å². The van der Waals surface area contributed by atoms with Crippen molar-refractivity contribution in [3.63, 3.8) is 0 Å². The molecule has 1 aliphatic carbocycles. The summed E-state index contributed by atoms with van der Waals surface area (Å²) < 4.78 is 0. The number of nitrogens with two attached hydrogens (primary N) is 2. The molecule has 3 unspecified atom stereocenters. The van der Waals surface area contributed by atoms with E-state index in [1.807, 2.05) is 0 Å². The van der Waals surface area contributed by atoms with Gasteiger partial charge in [-0.05, 0) is 95.2 Å². The van der Waals surface area contributed by atoms with Gasteiger partial charge >= 0.3 is 0 Å². The van der Waals surface area contributed by atoms with Gasteiger partial charge in [-0.2, -0.15) is 0 Å². The van der Waals surface area contributed by atoms with E-state index in [9.17, 15) is 0 Å². The molecule has 3 atom stereocenters. The molecule has 0 radical (unpaired) electrons. The molecule has 4 N–H and O–H groups in total. The molecule has 4 aromatic rings. The highest BCUT2D eigenvalue weighted by Gasteiger charge is 2.26. The average Bonchev–Trinajstić information content (AvgIpc) is 3.36. The van der Waals surface area contributed by atoms with E-state index in [1.54, 1.807) is 0 Å². The first-order valence-corrected chi connectivity index (χ1v) is 28.9. The summed E-state index contributed by atoms with van der Waals surface area (Å²) >= 11 is 0. The maximum absolute atomic E-state index is 6.22. The normalized spacial score (nSPS) is 15.1. The molecule has 2 heteroatoms. The average molecular weight is 910 g/mol. The molecule has 1 fully saturated rings. The van der Waals surface area contributed by atoms with Crippen LogP contribution in [-0.2, 0) is 0 Å². The number of unbranched alkanes of at least 4 members (excludes halogenated alkanes) is 20. The fourth-order valence-electron chi connectivity index (χ4n) is 11.9. The Morgan fingerprint density at radius 2 is 0.582 bits per heavy atom. The summed E-state index contributed by atoms with van der Waals surface area (Å²) in [5, 5.41) is 0. The molecule has 0 saturated heterocycles. The summed E-state index contributed by atoms with van der Waals surface area (Å²) in [5.74, 6) is 2.95. The molecule has 0 spiro atoms. The quantitative estimate of drug-likeness (QED) is 0.0353. The highest BCUT2D eigenvalue weighted by molar-refractivity contribution is 5.46. The van der Waals surface area contributed by atoms with Gasteiger partial charge < -0.3 is 11.5 Å². The molecule has 1 aliphatic rings. The zero-order valence-corrected chi connectivity index (χ0v) is 43.6. The predicted molar refractivity (Wildman–Crippen MR) is 296 cm³/mol. The molecule has 370 valence electrons. The number of nitrogen functional groups attached to an aromatic ring is 2. The predicted octanol–water partition coefficient (Wildman–Crippen LogP) is 20.4. The zero-order chi connectivity index (χ0) is 47.2. The lowest BCUT2D eigenvalue weighted by atomic mass is 9.74. The van der Waals surface area contributed by atoms with Crippen LogP contribution in [0.15, 0.2) is 97.1 Å². The van der Waals surface area contributed by atoms with Gasteiger partial charge in [-0.3, -0.25) is 0 Å². The summed E-state index contributed by atoms with van der Waals surface area (Å²) in [6.07, 6.45) is 45.1. The van der Waals surface area contributed by atoms with Crippen molar-refractivity contribution < 1.29 is 0 Å². The van der Waals surface area contributed by atoms with Gasteiger partial charge in [0.15, 0.2) is 0 Å². The minimum atomic E-state index is 0.397. The molecular formula is C65H100N2. The second kappa shape index (κ2) is 33.1. The Kier molecular flexibility index (Phi) is 26.9. The molecular weight excluding hydrogens is 809 g/mol. The van der Waals surface area contributed by atoms with Crippen LogP contribution in [0.5, 0.6) is 0 Å². The Bertz CT molecular complexity index is 1670. The number of anilines is 2. The summed E-state index contributed by atoms with van der Waals surface area (Å²) in [5.41, 5.74) is 22.8. The molecule has 4 aromatic carbocycles. The van der Waals surface area contributed by atoms with E-state index >= 15 is 0 Å². The fourth-order valence-corrected chi connectivity index (χ4v) is 11.9. The monoisotopic (exact) mass is 909 g/mol. The number of hydrogen-bond donors (Lipinski definition) is 2. The largest absolute Gasteiger partial charge is 0.399 e. The van der Waals surface area contributed by atoms with Crippen LogP contribution in [-0.4, -0.2) is 0 Å². The van der Waals surface area contributed by atoms with Crippen LogP contribution in [0.3, 0.4) is 0 Å². The van der Waals surface area contributed by atoms with Crippen LogP contribution in [0.25, 0.3) is 0 Å². The highest BCUT2D eigenvalue weighted by atomic mass is 14.5. The third kappa shape index (κ3) is 20.2. The fraction of sp³-hybridized carbons (Fsp3) is 0.631. The molecule has 67 heavy (non-hydrogen) atoms. The van der Waals surface area contributed by atoms with Crippen molar-refractivity contribution in [1.82, 2.24) is 0 Å². The third-order valence-electron chi connectivity index (χ3n) is 16.2. The smallest absolute Gasteiger partial charge is 0.0314 e. The van der Waals surface area contributed by atoms with Gasteiger partial charge in [0.25, 0.3) is 0 Å². The molecule has 1 saturated carbocycles. The second-order valence-electron chi connectivity index (χ2n) is 21.5. The Morgan fingerprint density at radius 1 is 0.313 bits per heavy atom. The van der Waals surface area contributed by atoms with Crippen molar-refractivity contribution in [2.45, 2.75) is 250 Å². The molecule has 2 nitrogen and oxygen atoms in total. The maximum atomic E-state index is 6.22. The van der Waals surface area contributed by atoms with Crippen LogP contribution >= 0.6 is 0 Å². The van der Waals surface area contributed by atoms with Gasteiger partial charge in [0.1, 0.15) is 0 Å². The number of benzene rings is 4. The van der Waals surface area contributed by atoms with E-state index in [2.05, 4.69) is 118 Å². The molecule has 0 aliphatic heterocycles. The van der Waals surface area contributed by atoms with E-state index in [0.717, 1.165) is 23.2 Å². The van der Waals surface area contributed by atoms with Crippen LogP contribution in [0.1, 0.15) is 284 Å². The standard InChI is InChI=1S/C65H100N2/c1-4-7-10-12-14-16-18-20-22-28-33-63(59-43-48-61(66)49-44-59)55-35-39-57(40-36-55)65(52-47-54(30-25-9-6-3)53-31-26-24-27-32-53)58-41-37-56(38-42-58)64(60-45-50-62(67)51-46-60)34-29-23-21-19-17-15-13-11-8-5-2/h35-46,48-51,53-54,63-65H,4-34,47,52,66-67H2,1-3H3. The van der Waals surface area contributed by atoms with Crippen molar-refractivity contribution in [3.8, 4) is 0 Å². The topological polar surface area (TPSA) is 52.0 Å². The van der Waals surface area contributed by atoms with E-state index in [4.69, 9.17) is 11.5 Å². The lowest BCUT2D eigenvalue weighted by Crippen LogP contribution is -2.19. The third-order valence-corrected chi connectivity index (χ3v) is 16.2. The summed E-state index contributed by atoms with van der Waals surface area (Å²) in [6.45, 7) is 6.98.